The number of benzene rings is 1. The van der Waals surface area contributed by atoms with Crippen molar-refractivity contribution in [3.05, 3.63) is 47.5 Å². The summed E-state index contributed by atoms with van der Waals surface area (Å²) in [5.41, 5.74) is 2.44. The molecule has 1 aromatic carbocycles. The number of cyclic esters (lactones) is 1. The van der Waals surface area contributed by atoms with E-state index >= 15 is 0 Å². The van der Waals surface area contributed by atoms with Crippen molar-refractivity contribution in [3.63, 3.8) is 0 Å². The first-order valence-electron chi connectivity index (χ1n) is 8.04. The molecular weight excluding hydrogens is 276 g/mol. The van der Waals surface area contributed by atoms with E-state index in [-0.39, 0.29) is 23.9 Å². The van der Waals surface area contributed by atoms with Crippen molar-refractivity contribution >= 4 is 5.97 Å². The molecule has 0 bridgehead atoms. The third-order valence-electron chi connectivity index (χ3n) is 4.33. The maximum Gasteiger partial charge on any atom is 0.306 e. The third kappa shape index (κ3) is 4.99. The van der Waals surface area contributed by atoms with Crippen molar-refractivity contribution in [1.29, 1.82) is 0 Å². The fraction of sp³-hybridized carbons (Fsp3) is 0.526. The predicted molar refractivity (Wildman–Crippen MR) is 87.3 cm³/mol. The Bertz CT molecular complexity index is 507. The number of carbonyl (C=O) groups is 1. The van der Waals surface area contributed by atoms with Crippen LogP contribution in [0.15, 0.2) is 42.0 Å². The summed E-state index contributed by atoms with van der Waals surface area (Å²) in [4.78, 5) is 11.9. The van der Waals surface area contributed by atoms with Crippen molar-refractivity contribution < 1.29 is 14.3 Å². The lowest BCUT2D eigenvalue weighted by molar-refractivity contribution is -0.153. The highest BCUT2D eigenvalue weighted by atomic mass is 16.5. The second-order valence-electron chi connectivity index (χ2n) is 6.30. The highest BCUT2D eigenvalue weighted by Gasteiger charge is 2.24. The highest BCUT2D eigenvalue weighted by molar-refractivity contribution is 5.70. The first-order valence-corrected chi connectivity index (χ1v) is 8.04. The van der Waals surface area contributed by atoms with Crippen LogP contribution in [0, 0.1) is 11.8 Å². The molecule has 0 radical (unpaired) electrons. The number of allylic oxidation sites excluding steroid dienone is 1. The van der Waals surface area contributed by atoms with Crippen LogP contribution in [0.2, 0.25) is 0 Å². The number of rotatable bonds is 5. The van der Waals surface area contributed by atoms with Crippen LogP contribution in [0.5, 0.6) is 0 Å². The molecule has 22 heavy (non-hydrogen) atoms. The zero-order valence-electron chi connectivity index (χ0n) is 13.7. The number of esters is 1. The van der Waals surface area contributed by atoms with Crippen LogP contribution >= 0.6 is 0 Å². The van der Waals surface area contributed by atoms with E-state index in [2.05, 4.69) is 26.8 Å². The quantitative estimate of drug-likeness (QED) is 0.606. The first-order chi connectivity index (χ1) is 10.6. The standard InChI is InChI=1S/C19H26O3/c1-14-9-10-18(22-19(20)11-15(14)2)16(3)12-21-13-17-7-5-4-6-8-17/h4-9,15-16,18H,10-13H2,1-3H3/b14-9-/t15-,16-,18+/m1/s1. The van der Waals surface area contributed by atoms with E-state index < -0.39 is 0 Å². The minimum Gasteiger partial charge on any atom is -0.462 e. The summed E-state index contributed by atoms with van der Waals surface area (Å²) in [5.74, 6) is 0.364. The second-order valence-corrected chi connectivity index (χ2v) is 6.30. The van der Waals surface area contributed by atoms with Gasteiger partial charge in [0.1, 0.15) is 6.10 Å². The number of hydrogen-bond donors (Lipinski definition) is 0. The SMILES string of the molecule is C/C1=C/C[C@@H]([C@H](C)COCc2ccccc2)OC(=O)C[C@H]1C. The Morgan fingerprint density at radius 1 is 1.32 bits per heavy atom. The highest BCUT2D eigenvalue weighted by Crippen LogP contribution is 2.23. The summed E-state index contributed by atoms with van der Waals surface area (Å²) in [5, 5.41) is 0. The average molecular weight is 302 g/mol. The topological polar surface area (TPSA) is 35.5 Å². The molecule has 1 aliphatic heterocycles. The maximum atomic E-state index is 11.9. The lowest BCUT2D eigenvalue weighted by Gasteiger charge is -2.26. The van der Waals surface area contributed by atoms with Gasteiger partial charge in [-0.2, -0.15) is 0 Å². The molecule has 0 unspecified atom stereocenters. The van der Waals surface area contributed by atoms with E-state index in [1.807, 2.05) is 30.3 Å². The van der Waals surface area contributed by atoms with Crippen LogP contribution in [-0.4, -0.2) is 18.7 Å². The molecule has 3 heteroatoms. The fourth-order valence-electron chi connectivity index (χ4n) is 2.57. The lowest BCUT2D eigenvalue weighted by atomic mass is 9.93. The summed E-state index contributed by atoms with van der Waals surface area (Å²) in [7, 11) is 0. The Kier molecular flexibility index (Phi) is 6.20. The molecule has 0 fully saturated rings. The van der Waals surface area contributed by atoms with Crippen LogP contribution in [0.4, 0.5) is 0 Å². The monoisotopic (exact) mass is 302 g/mol. The van der Waals surface area contributed by atoms with Crippen LogP contribution in [0.1, 0.15) is 39.2 Å². The second kappa shape index (κ2) is 8.14. The van der Waals surface area contributed by atoms with Gasteiger partial charge in [0.25, 0.3) is 0 Å². The smallest absolute Gasteiger partial charge is 0.306 e. The zero-order valence-corrected chi connectivity index (χ0v) is 13.7. The molecule has 3 nitrogen and oxygen atoms in total. The van der Waals surface area contributed by atoms with Gasteiger partial charge in [-0.15, -0.1) is 0 Å². The molecule has 1 heterocycles. The van der Waals surface area contributed by atoms with E-state index in [9.17, 15) is 4.79 Å². The Balaban J connectivity index is 1.85. The molecule has 0 saturated carbocycles. The minimum atomic E-state index is -0.0974. The number of carbonyl (C=O) groups excluding carboxylic acids is 1. The summed E-state index contributed by atoms with van der Waals surface area (Å²) in [6.45, 7) is 7.43. The van der Waals surface area contributed by atoms with Gasteiger partial charge in [0.05, 0.1) is 19.6 Å². The van der Waals surface area contributed by atoms with Gasteiger partial charge in [0, 0.05) is 12.3 Å². The van der Waals surface area contributed by atoms with Gasteiger partial charge in [0.15, 0.2) is 0 Å². The molecule has 1 aromatic rings. The van der Waals surface area contributed by atoms with Crippen LogP contribution < -0.4 is 0 Å². The van der Waals surface area contributed by atoms with E-state index in [1.165, 1.54) is 5.57 Å². The molecule has 1 aliphatic rings. The summed E-state index contributed by atoms with van der Waals surface area (Å²) in [6, 6.07) is 10.1. The molecule has 0 saturated heterocycles. The van der Waals surface area contributed by atoms with E-state index in [4.69, 9.17) is 9.47 Å². The molecule has 0 aliphatic carbocycles. The molecule has 0 aromatic heterocycles. The Morgan fingerprint density at radius 3 is 2.77 bits per heavy atom. The third-order valence-corrected chi connectivity index (χ3v) is 4.33. The van der Waals surface area contributed by atoms with Crippen molar-refractivity contribution in [2.24, 2.45) is 11.8 Å². The van der Waals surface area contributed by atoms with Gasteiger partial charge in [-0.1, -0.05) is 55.8 Å². The molecule has 0 N–H and O–H groups in total. The van der Waals surface area contributed by atoms with Crippen molar-refractivity contribution in [1.82, 2.24) is 0 Å². The Morgan fingerprint density at radius 2 is 2.05 bits per heavy atom. The fourth-order valence-corrected chi connectivity index (χ4v) is 2.57. The van der Waals surface area contributed by atoms with E-state index in [0.29, 0.717) is 19.6 Å². The molecular formula is C19H26O3. The molecule has 2 rings (SSSR count). The summed E-state index contributed by atoms with van der Waals surface area (Å²) in [6.07, 6.45) is 3.36. The van der Waals surface area contributed by atoms with E-state index in [1.54, 1.807) is 0 Å². The van der Waals surface area contributed by atoms with Gasteiger partial charge in [0.2, 0.25) is 0 Å². The van der Waals surface area contributed by atoms with Crippen LogP contribution in [-0.2, 0) is 20.9 Å². The van der Waals surface area contributed by atoms with Crippen molar-refractivity contribution in [3.8, 4) is 0 Å². The summed E-state index contributed by atoms with van der Waals surface area (Å²) >= 11 is 0. The van der Waals surface area contributed by atoms with Crippen molar-refractivity contribution in [2.45, 2.75) is 46.3 Å². The van der Waals surface area contributed by atoms with Gasteiger partial charge in [-0.05, 0) is 18.4 Å². The van der Waals surface area contributed by atoms with E-state index in [0.717, 1.165) is 12.0 Å². The average Bonchev–Trinajstić information content (AvgIpc) is 2.50. The minimum absolute atomic E-state index is 0.0919. The molecule has 120 valence electrons. The normalized spacial score (nSPS) is 26.3. The lowest BCUT2D eigenvalue weighted by Crippen LogP contribution is -2.30. The maximum absolute atomic E-state index is 11.9. The predicted octanol–water partition coefficient (Wildman–Crippen LogP) is 4.13. The Hall–Kier alpha value is -1.61. The largest absolute Gasteiger partial charge is 0.462 e. The van der Waals surface area contributed by atoms with Gasteiger partial charge in [-0.3, -0.25) is 4.79 Å². The zero-order chi connectivity index (χ0) is 15.9. The van der Waals surface area contributed by atoms with Gasteiger partial charge >= 0.3 is 5.97 Å². The molecule has 0 spiro atoms. The van der Waals surface area contributed by atoms with Gasteiger partial charge in [-0.25, -0.2) is 0 Å². The van der Waals surface area contributed by atoms with Gasteiger partial charge < -0.3 is 9.47 Å². The summed E-state index contributed by atoms with van der Waals surface area (Å²) < 4.78 is 11.4. The molecule has 0 amide bonds. The number of ether oxygens (including phenoxy) is 2. The number of hydrogen-bond acceptors (Lipinski definition) is 3. The van der Waals surface area contributed by atoms with Crippen LogP contribution in [0.25, 0.3) is 0 Å². The molecule has 3 atom stereocenters. The van der Waals surface area contributed by atoms with Crippen LogP contribution in [0.3, 0.4) is 0 Å². The first kappa shape index (κ1) is 16.8. The Labute approximate surface area is 133 Å². The van der Waals surface area contributed by atoms with Crippen molar-refractivity contribution in [2.75, 3.05) is 6.61 Å².